The number of carbonyl (C=O) groups excluding carboxylic acids is 2. The average molecular weight is 1010 g/mol. The van der Waals surface area contributed by atoms with Crippen molar-refractivity contribution in [2.45, 2.75) is 267 Å². The molecule has 5 N–H and O–H groups in total. The van der Waals surface area contributed by atoms with Gasteiger partial charge in [-0.2, -0.15) is 0 Å². The van der Waals surface area contributed by atoms with E-state index in [0.717, 1.165) is 90.1 Å². The van der Waals surface area contributed by atoms with Crippen LogP contribution in [-0.2, 0) is 9.47 Å². The summed E-state index contributed by atoms with van der Waals surface area (Å²) in [5, 5.41) is 16.1. The van der Waals surface area contributed by atoms with Gasteiger partial charge in [0.05, 0.1) is 11.6 Å². The van der Waals surface area contributed by atoms with Crippen LogP contribution in [0.5, 0.6) is 0 Å². The number of ether oxygens (including phenoxy) is 2. The summed E-state index contributed by atoms with van der Waals surface area (Å²) in [6, 6.07) is 4.07. The van der Waals surface area contributed by atoms with Gasteiger partial charge in [0.25, 0.3) is 0 Å². The van der Waals surface area contributed by atoms with E-state index >= 15 is 0 Å². The Morgan fingerprint density at radius 1 is 0.592 bits per heavy atom. The lowest BCUT2D eigenvalue weighted by molar-refractivity contribution is -0.0126. The molecule has 5 aliphatic heterocycles. The molecule has 71 heavy (non-hydrogen) atoms. The first-order valence-electron chi connectivity index (χ1n) is 28.3. The molecule has 14 heteroatoms. The van der Waals surface area contributed by atoms with Gasteiger partial charge >= 0.3 is 12.2 Å². The number of rotatable bonds is 8. The van der Waals surface area contributed by atoms with Gasteiger partial charge in [0.1, 0.15) is 11.2 Å². The second-order valence-electron chi connectivity index (χ2n) is 26.5. The number of likely N-dealkylation sites (N-methyl/N-ethyl adjacent to an activating group) is 2. The Bertz CT molecular complexity index is 1430. The molecule has 0 aromatic rings. The number of likely N-dealkylation sites (tertiary alicyclic amines) is 5. The molecular formula is C57H119N9O5. The molecule has 0 aromatic heterocycles. The number of nitrogens with two attached hydrogens (primary N) is 1. The molecule has 4 unspecified atom stereocenters. The zero-order chi connectivity index (χ0) is 54.9. The van der Waals surface area contributed by atoms with Crippen LogP contribution in [0, 0.1) is 11.8 Å². The van der Waals surface area contributed by atoms with Crippen molar-refractivity contribution in [2.75, 3.05) is 79.5 Å². The van der Waals surface area contributed by atoms with Crippen LogP contribution >= 0.6 is 0 Å². The van der Waals surface area contributed by atoms with E-state index in [9.17, 15) is 14.7 Å². The number of piperidine rings is 5. The number of hydrogen-bond acceptors (Lipinski definition) is 12. The van der Waals surface area contributed by atoms with Gasteiger partial charge in [0, 0.05) is 107 Å². The molecule has 422 valence electrons. The molecule has 14 nitrogen and oxygen atoms in total. The number of aliphatic hydroxyl groups is 1. The Labute approximate surface area is 439 Å². The zero-order valence-electron chi connectivity index (χ0n) is 50.8. The van der Waals surface area contributed by atoms with Crippen molar-refractivity contribution in [3.8, 4) is 0 Å². The highest BCUT2D eigenvalue weighted by Gasteiger charge is 2.36. The van der Waals surface area contributed by atoms with Crippen molar-refractivity contribution in [3.63, 3.8) is 0 Å². The molecule has 0 aromatic carbocycles. The number of amides is 2. The number of carbonyl (C=O) groups is 2. The topological polar surface area (TPSA) is 142 Å². The monoisotopic (exact) mass is 1010 g/mol. The predicted octanol–water partition coefficient (Wildman–Crippen LogP) is 9.52. The third-order valence-electron chi connectivity index (χ3n) is 15.7. The molecule has 0 bridgehead atoms. The van der Waals surface area contributed by atoms with Gasteiger partial charge < -0.3 is 50.5 Å². The van der Waals surface area contributed by atoms with Crippen LogP contribution in [0.15, 0.2) is 0 Å². The normalized spacial score (nSPS) is 25.7. The maximum atomic E-state index is 12.2. The summed E-state index contributed by atoms with van der Waals surface area (Å²) in [5.41, 5.74) is 4.73. The lowest BCUT2D eigenvalue weighted by Crippen LogP contribution is -2.55. The molecule has 5 heterocycles. The van der Waals surface area contributed by atoms with Crippen LogP contribution in [0.3, 0.4) is 0 Å². The second-order valence-corrected chi connectivity index (χ2v) is 26.5. The standard InChI is InChI=1S/C15H30N2O2.C14H28N2O2.C10H22N2.C9H20N2.C9H19NO/c1-11(2)17-9-8-12(3)13(10-17)16(7)14(18)19-15(4,5)6;1-11(2)16-9-7-14(6,8-10-16)15-12(17)18-13(3,4)5;1-8(2)12-6-5-9(3)10(7-12)11-4;1-8(2)11-6-4-9(3,10)5-7-11;1-8(2)10-6-4-9(3,11)5-7-10/h11-13H,8-10H2,1-7H3;11H,7-10H2,1-6H3,(H,15,17);8-11H,5-7H2,1-4H3;8H,4-7,10H2,1-3H3;8,11H,4-7H2,1-3H3. The molecule has 2 amide bonds. The van der Waals surface area contributed by atoms with Crippen LogP contribution < -0.4 is 16.4 Å². The summed E-state index contributed by atoms with van der Waals surface area (Å²) in [5.74, 6) is 1.36. The van der Waals surface area contributed by atoms with E-state index in [0.29, 0.717) is 42.2 Å². The van der Waals surface area contributed by atoms with Crippen molar-refractivity contribution in [3.05, 3.63) is 0 Å². The largest absolute Gasteiger partial charge is 0.444 e. The Kier molecular flexibility index (Phi) is 28.5. The first kappa shape index (κ1) is 67.2. The minimum Gasteiger partial charge on any atom is -0.444 e. The molecule has 5 rings (SSSR count). The van der Waals surface area contributed by atoms with Gasteiger partial charge in [-0.1, -0.05) is 13.8 Å². The minimum absolute atomic E-state index is 0.103. The molecule has 0 spiro atoms. The van der Waals surface area contributed by atoms with Gasteiger partial charge in [0.2, 0.25) is 0 Å². The zero-order valence-corrected chi connectivity index (χ0v) is 50.8. The van der Waals surface area contributed by atoms with Crippen LogP contribution in [0.1, 0.15) is 197 Å². The van der Waals surface area contributed by atoms with Crippen LogP contribution in [-0.4, -0.2) is 196 Å². The Hall–Kier alpha value is -1.78. The quantitative estimate of drug-likeness (QED) is 0.184. The third-order valence-corrected chi connectivity index (χ3v) is 15.7. The maximum absolute atomic E-state index is 12.2. The van der Waals surface area contributed by atoms with Gasteiger partial charge in [-0.05, 0) is 215 Å². The van der Waals surface area contributed by atoms with Crippen molar-refractivity contribution in [2.24, 2.45) is 17.6 Å². The van der Waals surface area contributed by atoms with Crippen molar-refractivity contribution in [1.29, 1.82) is 0 Å². The summed E-state index contributed by atoms with van der Waals surface area (Å²) in [6.45, 7) is 55.5. The van der Waals surface area contributed by atoms with Crippen molar-refractivity contribution < 1.29 is 24.2 Å². The van der Waals surface area contributed by atoms with Crippen LogP contribution in [0.2, 0.25) is 0 Å². The molecule has 0 radical (unpaired) electrons. The van der Waals surface area contributed by atoms with Crippen molar-refractivity contribution >= 4 is 12.2 Å². The summed E-state index contributed by atoms with van der Waals surface area (Å²) in [6.07, 6.45) is 8.04. The lowest BCUT2D eigenvalue weighted by Gasteiger charge is -2.43. The molecule has 0 saturated carbocycles. The molecule has 4 atom stereocenters. The Balaban J connectivity index is 0.000000453. The van der Waals surface area contributed by atoms with E-state index in [4.69, 9.17) is 15.2 Å². The van der Waals surface area contributed by atoms with Gasteiger partial charge in [-0.25, -0.2) is 9.59 Å². The summed E-state index contributed by atoms with van der Waals surface area (Å²) >= 11 is 0. The molecule has 5 fully saturated rings. The molecule has 0 aliphatic carbocycles. The fourth-order valence-electron chi connectivity index (χ4n) is 9.74. The van der Waals surface area contributed by atoms with E-state index in [1.807, 2.05) is 55.5 Å². The molecular weight excluding hydrogens is 891 g/mol. The van der Waals surface area contributed by atoms with Gasteiger partial charge in [-0.15, -0.1) is 0 Å². The second kappa shape index (κ2) is 30.1. The van der Waals surface area contributed by atoms with Gasteiger partial charge in [0.15, 0.2) is 0 Å². The van der Waals surface area contributed by atoms with Crippen molar-refractivity contribution in [1.82, 2.24) is 40.0 Å². The summed E-state index contributed by atoms with van der Waals surface area (Å²) < 4.78 is 10.8. The van der Waals surface area contributed by atoms with E-state index < -0.39 is 16.8 Å². The third kappa shape index (κ3) is 27.0. The highest BCUT2D eigenvalue weighted by Crippen LogP contribution is 2.27. The number of nitrogens with one attached hydrogen (secondary N) is 2. The number of alkyl carbamates (subject to hydrolysis) is 1. The summed E-state index contributed by atoms with van der Waals surface area (Å²) in [4.78, 5) is 38.1. The fraction of sp³-hybridized carbons (Fsp3) is 0.965. The van der Waals surface area contributed by atoms with E-state index in [-0.39, 0.29) is 29.3 Å². The summed E-state index contributed by atoms with van der Waals surface area (Å²) in [7, 11) is 3.93. The first-order chi connectivity index (χ1) is 32.4. The molecule has 5 saturated heterocycles. The Morgan fingerprint density at radius 2 is 0.958 bits per heavy atom. The number of nitrogens with zero attached hydrogens (tertiary/aromatic N) is 6. The van der Waals surface area contributed by atoms with E-state index in [1.54, 1.807) is 4.90 Å². The van der Waals surface area contributed by atoms with Crippen LogP contribution in [0.4, 0.5) is 9.59 Å². The van der Waals surface area contributed by atoms with E-state index in [2.05, 4.69) is 139 Å². The maximum Gasteiger partial charge on any atom is 0.410 e. The SMILES string of the molecule is CC(C)N1CCC(C)(N)CC1.CC(C)N1CCC(C)(NC(=O)OC(C)(C)C)CC1.CC(C)N1CCC(C)(O)CC1.CC1CCN(C(C)C)CC1N(C)C(=O)OC(C)(C)C.CNC1CN(C(C)C)CCC1C. The highest BCUT2D eigenvalue weighted by molar-refractivity contribution is 5.69. The lowest BCUT2D eigenvalue weighted by atomic mass is 9.89. The highest BCUT2D eigenvalue weighted by atomic mass is 16.6. The fourth-order valence-corrected chi connectivity index (χ4v) is 9.74. The minimum atomic E-state index is -0.431. The van der Waals surface area contributed by atoms with Gasteiger partial charge in [-0.3, -0.25) is 9.80 Å². The number of hydrogen-bond donors (Lipinski definition) is 4. The average Bonchev–Trinajstić information content (AvgIpc) is 3.23. The van der Waals surface area contributed by atoms with Crippen LogP contribution in [0.25, 0.3) is 0 Å². The smallest absolute Gasteiger partial charge is 0.410 e. The molecule has 5 aliphatic rings. The predicted molar refractivity (Wildman–Crippen MR) is 300 cm³/mol. The first-order valence-corrected chi connectivity index (χ1v) is 28.3. The van der Waals surface area contributed by atoms with E-state index in [1.165, 1.54) is 32.6 Å². The Morgan fingerprint density at radius 3 is 1.34 bits per heavy atom.